The Bertz CT molecular complexity index is 1190. The van der Waals surface area contributed by atoms with Crippen LogP contribution in [0.2, 0.25) is 10.0 Å². The minimum absolute atomic E-state index is 0.0162. The van der Waals surface area contributed by atoms with Gasteiger partial charge in [0.15, 0.2) is 0 Å². The molecule has 2 aromatic carbocycles. The van der Waals surface area contributed by atoms with Crippen LogP contribution in [0.1, 0.15) is 58.1 Å². The van der Waals surface area contributed by atoms with E-state index >= 15 is 0 Å². The van der Waals surface area contributed by atoms with Crippen LogP contribution in [0.3, 0.4) is 0 Å². The summed E-state index contributed by atoms with van der Waals surface area (Å²) < 4.78 is 26.9. The summed E-state index contributed by atoms with van der Waals surface area (Å²) in [6.07, 6.45) is 1.40. The Labute approximate surface area is 224 Å². The molecule has 0 unspecified atom stereocenters. The number of hydrogen-bond donors (Lipinski definition) is 1. The molecular formula is C26H35Cl2N3O4S. The van der Waals surface area contributed by atoms with Gasteiger partial charge in [0.05, 0.1) is 11.9 Å². The van der Waals surface area contributed by atoms with Crippen LogP contribution >= 0.6 is 23.2 Å². The molecule has 0 aliphatic heterocycles. The maximum atomic E-state index is 13.8. The zero-order valence-corrected chi connectivity index (χ0v) is 23.9. The molecule has 0 heterocycles. The number of sulfonamides is 1. The highest BCUT2D eigenvalue weighted by molar-refractivity contribution is 7.92. The molecule has 0 saturated carbocycles. The summed E-state index contributed by atoms with van der Waals surface area (Å²) in [5.74, 6) is -0.806. The monoisotopic (exact) mass is 555 g/mol. The second-order valence-electron chi connectivity index (χ2n) is 9.33. The van der Waals surface area contributed by atoms with Crippen molar-refractivity contribution in [2.24, 2.45) is 0 Å². The SMILES string of the molecule is CC[C@@H](C(=O)NC(C)C)N(Cc1ccc(Cl)cc1Cl)C(=O)CN(c1ccccc1C(C)C)S(C)(=O)=O. The Balaban J connectivity index is 2.54. The number of nitrogens with zero attached hydrogens (tertiary/aromatic N) is 2. The summed E-state index contributed by atoms with van der Waals surface area (Å²) in [4.78, 5) is 28.3. The molecule has 10 heteroatoms. The van der Waals surface area contributed by atoms with Gasteiger partial charge < -0.3 is 10.2 Å². The lowest BCUT2D eigenvalue weighted by molar-refractivity contribution is -0.140. The van der Waals surface area contributed by atoms with Crippen molar-refractivity contribution in [1.29, 1.82) is 0 Å². The van der Waals surface area contributed by atoms with Gasteiger partial charge in [-0.2, -0.15) is 0 Å². The zero-order chi connectivity index (χ0) is 27.2. The molecule has 0 saturated heterocycles. The molecule has 2 aromatic rings. The molecule has 1 atom stereocenters. The van der Waals surface area contributed by atoms with Gasteiger partial charge in [0.2, 0.25) is 21.8 Å². The second-order valence-corrected chi connectivity index (χ2v) is 12.1. The molecule has 0 bridgehead atoms. The van der Waals surface area contributed by atoms with E-state index in [4.69, 9.17) is 23.2 Å². The summed E-state index contributed by atoms with van der Waals surface area (Å²) in [6, 6.07) is 11.1. The first kappa shape index (κ1) is 29.9. The van der Waals surface area contributed by atoms with E-state index in [1.165, 1.54) is 4.90 Å². The van der Waals surface area contributed by atoms with Crippen LogP contribution in [0.4, 0.5) is 5.69 Å². The third-order valence-corrected chi connectivity index (χ3v) is 7.39. The number of para-hydroxylation sites is 1. The lowest BCUT2D eigenvalue weighted by Gasteiger charge is -2.34. The van der Waals surface area contributed by atoms with Gasteiger partial charge >= 0.3 is 0 Å². The van der Waals surface area contributed by atoms with Gasteiger partial charge in [-0.05, 0) is 55.5 Å². The van der Waals surface area contributed by atoms with E-state index in [1.54, 1.807) is 37.3 Å². The highest BCUT2D eigenvalue weighted by atomic mass is 35.5. The first-order valence-electron chi connectivity index (χ1n) is 11.9. The van der Waals surface area contributed by atoms with Crippen molar-refractivity contribution in [3.63, 3.8) is 0 Å². The van der Waals surface area contributed by atoms with Crippen molar-refractivity contribution < 1.29 is 18.0 Å². The standard InChI is InChI=1S/C26H35Cl2N3O4S/c1-7-23(26(33)29-18(4)5)30(15-19-12-13-20(27)14-22(19)28)25(32)16-31(36(6,34)35)24-11-9-8-10-21(24)17(2)3/h8-14,17-18,23H,7,15-16H2,1-6H3,(H,29,33)/t23-/m0/s1. The summed E-state index contributed by atoms with van der Waals surface area (Å²) in [5, 5.41) is 3.65. The largest absolute Gasteiger partial charge is 0.352 e. The van der Waals surface area contributed by atoms with Crippen molar-refractivity contribution in [1.82, 2.24) is 10.2 Å². The van der Waals surface area contributed by atoms with Crippen LogP contribution < -0.4 is 9.62 Å². The fourth-order valence-electron chi connectivity index (χ4n) is 3.93. The summed E-state index contributed by atoms with van der Waals surface area (Å²) in [6.45, 7) is 8.94. The molecular weight excluding hydrogens is 521 g/mol. The van der Waals surface area contributed by atoms with Gasteiger partial charge in [0.1, 0.15) is 12.6 Å². The van der Waals surface area contributed by atoms with Crippen molar-refractivity contribution in [2.75, 3.05) is 17.1 Å². The minimum Gasteiger partial charge on any atom is -0.352 e. The number of benzene rings is 2. The predicted octanol–water partition coefficient (Wildman–Crippen LogP) is 5.21. The average molecular weight is 557 g/mol. The number of rotatable bonds is 11. The first-order chi connectivity index (χ1) is 16.8. The normalized spacial score (nSPS) is 12.5. The van der Waals surface area contributed by atoms with Crippen LogP contribution in [-0.4, -0.2) is 50.0 Å². The zero-order valence-electron chi connectivity index (χ0n) is 21.6. The van der Waals surface area contributed by atoms with E-state index in [9.17, 15) is 18.0 Å². The number of hydrogen-bond acceptors (Lipinski definition) is 4. The summed E-state index contributed by atoms with van der Waals surface area (Å²) >= 11 is 12.4. The van der Waals surface area contributed by atoms with Crippen LogP contribution in [0, 0.1) is 0 Å². The molecule has 0 fully saturated rings. The third kappa shape index (κ3) is 7.85. The first-order valence-corrected chi connectivity index (χ1v) is 14.5. The Morgan fingerprint density at radius 2 is 1.67 bits per heavy atom. The number of anilines is 1. The van der Waals surface area contributed by atoms with Gasteiger partial charge in [-0.1, -0.05) is 68.2 Å². The van der Waals surface area contributed by atoms with Crippen molar-refractivity contribution in [2.45, 2.75) is 65.6 Å². The number of halogens is 2. The number of carbonyl (C=O) groups excluding carboxylic acids is 2. The van der Waals surface area contributed by atoms with Crippen LogP contribution in [-0.2, 0) is 26.2 Å². The molecule has 0 radical (unpaired) electrons. The Hall–Kier alpha value is -2.29. The van der Waals surface area contributed by atoms with E-state index in [2.05, 4.69) is 5.32 Å². The highest BCUT2D eigenvalue weighted by Gasteiger charge is 2.33. The molecule has 7 nitrogen and oxygen atoms in total. The Morgan fingerprint density at radius 3 is 2.19 bits per heavy atom. The minimum atomic E-state index is -3.82. The Kier molecular flexibility index (Phi) is 10.6. The molecule has 1 N–H and O–H groups in total. The maximum Gasteiger partial charge on any atom is 0.244 e. The fourth-order valence-corrected chi connectivity index (χ4v) is 5.27. The van der Waals surface area contributed by atoms with Gasteiger partial charge in [0, 0.05) is 22.6 Å². The van der Waals surface area contributed by atoms with E-state index < -0.39 is 28.5 Å². The molecule has 198 valence electrons. The fraction of sp³-hybridized carbons (Fsp3) is 0.462. The lowest BCUT2D eigenvalue weighted by atomic mass is 10.0. The van der Waals surface area contributed by atoms with E-state index in [0.717, 1.165) is 16.1 Å². The quantitative estimate of drug-likeness (QED) is 0.412. The second kappa shape index (κ2) is 12.8. The molecule has 2 amide bonds. The van der Waals surface area contributed by atoms with E-state index in [-0.39, 0.29) is 24.4 Å². The lowest BCUT2D eigenvalue weighted by Crippen LogP contribution is -2.53. The maximum absolute atomic E-state index is 13.8. The van der Waals surface area contributed by atoms with E-state index in [0.29, 0.717) is 27.7 Å². The third-order valence-electron chi connectivity index (χ3n) is 5.68. The van der Waals surface area contributed by atoms with E-state index in [1.807, 2.05) is 39.8 Å². The molecule has 0 spiro atoms. The van der Waals surface area contributed by atoms with Gasteiger partial charge in [0.25, 0.3) is 0 Å². The van der Waals surface area contributed by atoms with Crippen LogP contribution in [0.5, 0.6) is 0 Å². The van der Waals surface area contributed by atoms with Gasteiger partial charge in [-0.15, -0.1) is 0 Å². The number of nitrogens with one attached hydrogen (secondary N) is 1. The summed E-state index contributed by atoms with van der Waals surface area (Å²) in [5.41, 5.74) is 1.83. The average Bonchev–Trinajstić information content (AvgIpc) is 2.77. The Morgan fingerprint density at radius 1 is 1.03 bits per heavy atom. The number of amides is 2. The smallest absolute Gasteiger partial charge is 0.244 e. The topological polar surface area (TPSA) is 86.8 Å². The van der Waals surface area contributed by atoms with Crippen molar-refractivity contribution in [3.8, 4) is 0 Å². The molecule has 0 aliphatic rings. The predicted molar refractivity (Wildman–Crippen MR) is 147 cm³/mol. The van der Waals surface area contributed by atoms with Gasteiger partial charge in [-0.3, -0.25) is 13.9 Å². The summed E-state index contributed by atoms with van der Waals surface area (Å²) in [7, 11) is -3.82. The van der Waals surface area contributed by atoms with Crippen molar-refractivity contribution in [3.05, 3.63) is 63.6 Å². The van der Waals surface area contributed by atoms with Crippen molar-refractivity contribution >= 4 is 50.7 Å². The molecule has 36 heavy (non-hydrogen) atoms. The molecule has 0 aromatic heterocycles. The number of carbonyl (C=O) groups is 2. The van der Waals surface area contributed by atoms with Gasteiger partial charge in [-0.25, -0.2) is 8.42 Å². The van der Waals surface area contributed by atoms with Crippen LogP contribution in [0.25, 0.3) is 0 Å². The molecule has 2 rings (SSSR count). The molecule has 0 aliphatic carbocycles. The highest BCUT2D eigenvalue weighted by Crippen LogP contribution is 2.30. The van der Waals surface area contributed by atoms with Crippen LogP contribution in [0.15, 0.2) is 42.5 Å².